The summed E-state index contributed by atoms with van der Waals surface area (Å²) in [6.07, 6.45) is 0. The first-order valence-corrected chi connectivity index (χ1v) is 20.6. The van der Waals surface area contributed by atoms with Crippen LogP contribution in [0.1, 0.15) is 25.0 Å². The molecule has 0 unspecified atom stereocenters. The van der Waals surface area contributed by atoms with Gasteiger partial charge in [-0.25, -0.2) is 9.97 Å². The Morgan fingerprint density at radius 1 is 0.383 bits per heavy atom. The van der Waals surface area contributed by atoms with E-state index in [0.717, 1.165) is 72.1 Å². The van der Waals surface area contributed by atoms with Crippen LogP contribution in [0.5, 0.6) is 0 Å². The molecule has 0 saturated carbocycles. The van der Waals surface area contributed by atoms with Crippen molar-refractivity contribution < 1.29 is 4.42 Å². The van der Waals surface area contributed by atoms with Crippen LogP contribution in [0, 0.1) is 0 Å². The fourth-order valence-electron chi connectivity index (χ4n) is 9.71. The molecule has 0 spiro atoms. The number of nitrogens with zero attached hydrogens (tertiary/aromatic N) is 2. The van der Waals surface area contributed by atoms with Gasteiger partial charge < -0.3 is 4.42 Å². The van der Waals surface area contributed by atoms with Crippen molar-refractivity contribution in [3.8, 4) is 67.3 Å². The number of aromatic nitrogens is 2. The second-order valence-electron chi connectivity index (χ2n) is 16.5. The van der Waals surface area contributed by atoms with Gasteiger partial charge in [-0.05, 0) is 97.1 Å². The number of rotatable bonds is 5. The minimum atomic E-state index is -0.147. The summed E-state index contributed by atoms with van der Waals surface area (Å²) in [7, 11) is 0. The van der Waals surface area contributed by atoms with Gasteiger partial charge in [-0.1, -0.05) is 172 Å². The smallest absolute Gasteiger partial charge is 0.160 e. The van der Waals surface area contributed by atoms with Gasteiger partial charge in [-0.3, -0.25) is 0 Å². The molecule has 0 fully saturated rings. The van der Waals surface area contributed by atoms with Crippen LogP contribution in [0.3, 0.4) is 0 Å². The Balaban J connectivity index is 1.05. The Morgan fingerprint density at radius 3 is 1.80 bits per heavy atom. The minimum absolute atomic E-state index is 0.147. The van der Waals surface area contributed by atoms with E-state index in [9.17, 15) is 0 Å². The van der Waals surface area contributed by atoms with Gasteiger partial charge in [0.1, 0.15) is 11.2 Å². The van der Waals surface area contributed by atoms with Crippen LogP contribution in [0.2, 0.25) is 0 Å². The highest BCUT2D eigenvalue weighted by Gasteiger charge is 2.37. The third kappa shape index (κ3) is 5.29. The second-order valence-corrected chi connectivity index (χ2v) is 16.5. The van der Waals surface area contributed by atoms with Crippen molar-refractivity contribution in [1.29, 1.82) is 0 Å². The third-order valence-corrected chi connectivity index (χ3v) is 12.7. The molecule has 12 rings (SSSR count). The lowest BCUT2D eigenvalue weighted by atomic mass is 9.81. The van der Waals surface area contributed by atoms with Crippen LogP contribution in [-0.2, 0) is 5.41 Å². The molecule has 0 atom stereocenters. The Hall–Kier alpha value is -7.62. The summed E-state index contributed by atoms with van der Waals surface area (Å²) in [4.78, 5) is 10.7. The SMILES string of the molecule is CC1(C)c2cc3ccccc3cc2-c2c(-c3ccccc3-c3cc(-c4ccccc4-c4ccc5oc6c7ccccc7ccc6c5c4)nc(-c4ccccc4)n3)cccc21. The van der Waals surface area contributed by atoms with Crippen molar-refractivity contribution in [1.82, 2.24) is 9.97 Å². The lowest BCUT2D eigenvalue weighted by Crippen LogP contribution is -2.14. The molecule has 3 nitrogen and oxygen atoms in total. The summed E-state index contributed by atoms with van der Waals surface area (Å²) < 4.78 is 6.51. The molecule has 60 heavy (non-hydrogen) atoms. The maximum absolute atomic E-state index is 6.51. The van der Waals surface area contributed by atoms with Crippen molar-refractivity contribution in [2.24, 2.45) is 0 Å². The van der Waals surface area contributed by atoms with Crippen LogP contribution in [0.4, 0.5) is 0 Å². The van der Waals surface area contributed by atoms with Crippen molar-refractivity contribution in [3.05, 3.63) is 205 Å². The Morgan fingerprint density at radius 2 is 1.02 bits per heavy atom. The molecule has 2 heterocycles. The molecule has 0 N–H and O–H groups in total. The second kappa shape index (κ2) is 13.2. The first-order valence-electron chi connectivity index (χ1n) is 20.6. The summed E-state index contributed by atoms with van der Waals surface area (Å²) >= 11 is 0. The molecule has 3 heteroatoms. The van der Waals surface area contributed by atoms with E-state index in [1.165, 1.54) is 44.0 Å². The molecular weight excluding hydrogens is 729 g/mol. The summed E-state index contributed by atoms with van der Waals surface area (Å²) in [6.45, 7) is 4.72. The topological polar surface area (TPSA) is 38.9 Å². The predicted octanol–water partition coefficient (Wildman–Crippen LogP) is 15.3. The quantitative estimate of drug-likeness (QED) is 0.175. The number of hydrogen-bond donors (Lipinski definition) is 0. The first kappa shape index (κ1) is 34.4. The van der Waals surface area contributed by atoms with Gasteiger partial charge in [0.05, 0.1) is 11.4 Å². The Kier molecular flexibility index (Phi) is 7.58. The zero-order chi connectivity index (χ0) is 40.0. The molecule has 1 aliphatic carbocycles. The maximum atomic E-state index is 6.51. The summed E-state index contributed by atoms with van der Waals surface area (Å²) in [5.74, 6) is 0.687. The molecule has 0 saturated heterocycles. The highest BCUT2D eigenvalue weighted by molar-refractivity contribution is 6.15. The van der Waals surface area contributed by atoms with Crippen molar-refractivity contribution >= 4 is 43.5 Å². The molecule has 1 aliphatic rings. The fraction of sp³-hybridized carbons (Fsp3) is 0.0526. The molecule has 0 radical (unpaired) electrons. The number of benzene rings is 9. The molecule has 0 bridgehead atoms. The zero-order valence-electron chi connectivity index (χ0n) is 33.3. The van der Waals surface area contributed by atoms with Gasteiger partial charge in [-0.15, -0.1) is 0 Å². The monoisotopic (exact) mass is 766 g/mol. The normalized spacial score (nSPS) is 13.0. The zero-order valence-corrected chi connectivity index (χ0v) is 33.3. The largest absolute Gasteiger partial charge is 0.455 e. The van der Waals surface area contributed by atoms with Gasteiger partial charge in [0, 0.05) is 38.3 Å². The highest BCUT2D eigenvalue weighted by atomic mass is 16.3. The standard InChI is InChI=1S/C57H38N2O/c1-57(2)49-26-14-25-45(54(49)48-31-37-18-6-7-19-38(37)33-50(48)57)42-22-11-13-24-44(42)52-34-51(58-56(59-52)36-16-4-3-5-17-36)43-23-12-10-20-40(43)39-28-30-53-47(32-39)46-29-27-35-15-8-9-21-41(35)55(46)60-53/h3-34H,1-2H3. The van der Waals surface area contributed by atoms with Gasteiger partial charge in [0.25, 0.3) is 0 Å². The van der Waals surface area contributed by atoms with E-state index in [0.29, 0.717) is 5.82 Å². The number of fused-ring (bicyclic) bond motifs is 9. The van der Waals surface area contributed by atoms with Crippen LogP contribution in [-0.4, -0.2) is 9.97 Å². The predicted molar refractivity (Wildman–Crippen MR) is 249 cm³/mol. The minimum Gasteiger partial charge on any atom is -0.455 e. The van der Waals surface area contributed by atoms with Gasteiger partial charge in [0.15, 0.2) is 5.82 Å². The van der Waals surface area contributed by atoms with Crippen molar-refractivity contribution in [3.63, 3.8) is 0 Å². The summed E-state index contributed by atoms with van der Waals surface area (Å²) in [6, 6.07) is 69.5. The molecule has 282 valence electrons. The molecular formula is C57H38N2O. The van der Waals surface area contributed by atoms with E-state index in [1.54, 1.807) is 0 Å². The number of hydrogen-bond acceptors (Lipinski definition) is 3. The molecule has 2 aromatic heterocycles. The van der Waals surface area contributed by atoms with Crippen LogP contribution in [0.25, 0.3) is 111 Å². The van der Waals surface area contributed by atoms with Crippen LogP contribution < -0.4 is 0 Å². The van der Waals surface area contributed by atoms with E-state index < -0.39 is 0 Å². The Bertz CT molecular complexity index is 3520. The summed E-state index contributed by atoms with van der Waals surface area (Å²) in [5, 5.41) is 7.03. The van der Waals surface area contributed by atoms with Gasteiger partial charge in [0.2, 0.25) is 0 Å². The van der Waals surface area contributed by atoms with E-state index in [2.05, 4.69) is 202 Å². The fourth-order valence-corrected chi connectivity index (χ4v) is 9.71. The van der Waals surface area contributed by atoms with Crippen LogP contribution >= 0.6 is 0 Å². The van der Waals surface area contributed by atoms with Crippen molar-refractivity contribution in [2.45, 2.75) is 19.3 Å². The van der Waals surface area contributed by atoms with Gasteiger partial charge >= 0.3 is 0 Å². The molecule has 0 aliphatic heterocycles. The molecule has 0 amide bonds. The lowest BCUT2D eigenvalue weighted by Gasteiger charge is -2.22. The van der Waals surface area contributed by atoms with Crippen LogP contribution in [0.15, 0.2) is 199 Å². The first-order chi connectivity index (χ1) is 29.5. The Labute approximate surface area is 348 Å². The molecule has 9 aromatic carbocycles. The van der Waals surface area contributed by atoms with E-state index in [4.69, 9.17) is 14.4 Å². The number of furan rings is 1. The highest BCUT2D eigenvalue weighted by Crippen LogP contribution is 2.54. The lowest BCUT2D eigenvalue weighted by molar-refractivity contribution is 0.661. The third-order valence-electron chi connectivity index (χ3n) is 12.7. The maximum Gasteiger partial charge on any atom is 0.160 e. The van der Waals surface area contributed by atoms with E-state index in [1.807, 2.05) is 6.07 Å². The molecule has 11 aromatic rings. The van der Waals surface area contributed by atoms with E-state index in [-0.39, 0.29) is 5.41 Å². The van der Waals surface area contributed by atoms with Gasteiger partial charge in [-0.2, -0.15) is 0 Å². The van der Waals surface area contributed by atoms with E-state index >= 15 is 0 Å². The average molecular weight is 767 g/mol. The van der Waals surface area contributed by atoms with Crippen molar-refractivity contribution in [2.75, 3.05) is 0 Å². The average Bonchev–Trinajstić information content (AvgIpc) is 3.79. The summed E-state index contributed by atoms with van der Waals surface area (Å²) in [5.41, 5.74) is 16.3.